The molecule has 1 aliphatic heterocycles. The zero-order chi connectivity index (χ0) is 13.4. The molecule has 0 saturated carbocycles. The number of benzene rings is 1. The summed E-state index contributed by atoms with van der Waals surface area (Å²) in [6.07, 6.45) is 2.70. The molecule has 1 saturated heterocycles. The van der Waals surface area contributed by atoms with Gasteiger partial charge in [0, 0.05) is 17.7 Å². The van der Waals surface area contributed by atoms with Crippen molar-refractivity contribution >= 4 is 16.5 Å². The summed E-state index contributed by atoms with van der Waals surface area (Å²) in [5.74, 6) is 0. The van der Waals surface area contributed by atoms with Gasteiger partial charge in [0.05, 0.1) is 11.1 Å². The highest BCUT2D eigenvalue weighted by atomic mass is 16.5. The maximum absolute atomic E-state index is 12.5. The van der Waals surface area contributed by atoms with Crippen LogP contribution in [-0.2, 0) is 4.74 Å². The van der Waals surface area contributed by atoms with Crippen molar-refractivity contribution in [1.82, 2.24) is 9.78 Å². The Morgan fingerprint density at radius 3 is 2.95 bits per heavy atom. The summed E-state index contributed by atoms with van der Waals surface area (Å²) in [6.45, 7) is 2.59. The largest absolute Gasteiger partial charge is 0.399 e. The van der Waals surface area contributed by atoms with E-state index in [0.29, 0.717) is 17.7 Å². The number of anilines is 1. The molecule has 1 fully saturated rings. The number of fused-ring (bicyclic) bond motifs is 1. The molecule has 1 atom stereocenters. The molecule has 0 spiro atoms. The molecule has 19 heavy (non-hydrogen) atoms. The molecule has 100 valence electrons. The Bertz CT molecular complexity index is 672. The second-order valence-corrected chi connectivity index (χ2v) is 4.96. The first-order chi connectivity index (χ1) is 9.16. The molecule has 0 aliphatic carbocycles. The number of rotatable bonds is 1. The number of hydrogen-bond acceptors (Lipinski definition) is 4. The van der Waals surface area contributed by atoms with E-state index < -0.39 is 0 Å². The van der Waals surface area contributed by atoms with Crippen molar-refractivity contribution in [3.63, 3.8) is 0 Å². The lowest BCUT2D eigenvalue weighted by atomic mass is 10.1. The number of hydrogen-bond donors (Lipinski definition) is 1. The van der Waals surface area contributed by atoms with Gasteiger partial charge in [0.2, 0.25) is 0 Å². The number of nitrogens with two attached hydrogens (primary N) is 1. The third kappa shape index (κ3) is 2.10. The smallest absolute Gasteiger partial charge is 0.277 e. The van der Waals surface area contributed by atoms with Gasteiger partial charge >= 0.3 is 0 Å². The molecular formula is C14H17N3O2. The molecule has 1 aromatic heterocycles. The van der Waals surface area contributed by atoms with E-state index in [2.05, 4.69) is 5.10 Å². The number of aryl methyl sites for hydroxylation is 1. The lowest BCUT2D eigenvalue weighted by Gasteiger charge is -2.24. The van der Waals surface area contributed by atoms with Crippen molar-refractivity contribution in [1.29, 1.82) is 0 Å². The molecule has 0 radical (unpaired) electrons. The summed E-state index contributed by atoms with van der Waals surface area (Å²) >= 11 is 0. The number of nitrogens with zero attached hydrogens (tertiary/aromatic N) is 2. The van der Waals surface area contributed by atoms with Crippen LogP contribution in [0.1, 0.15) is 31.2 Å². The van der Waals surface area contributed by atoms with Crippen LogP contribution in [-0.4, -0.2) is 16.4 Å². The second-order valence-electron chi connectivity index (χ2n) is 4.96. The topological polar surface area (TPSA) is 70.1 Å². The van der Waals surface area contributed by atoms with Gasteiger partial charge in [0.1, 0.15) is 0 Å². The summed E-state index contributed by atoms with van der Waals surface area (Å²) < 4.78 is 7.12. The van der Waals surface area contributed by atoms with Crippen LogP contribution in [0.2, 0.25) is 0 Å². The molecule has 1 aliphatic rings. The summed E-state index contributed by atoms with van der Waals surface area (Å²) in [4.78, 5) is 12.5. The highest BCUT2D eigenvalue weighted by Gasteiger charge is 2.19. The highest BCUT2D eigenvalue weighted by molar-refractivity contribution is 5.86. The fraction of sp³-hybridized carbons (Fsp3) is 0.429. The van der Waals surface area contributed by atoms with Gasteiger partial charge < -0.3 is 10.5 Å². The molecule has 2 heterocycles. The Morgan fingerprint density at radius 2 is 2.21 bits per heavy atom. The van der Waals surface area contributed by atoms with E-state index in [1.54, 1.807) is 12.1 Å². The minimum atomic E-state index is -0.245. The summed E-state index contributed by atoms with van der Waals surface area (Å²) in [6, 6.07) is 5.35. The van der Waals surface area contributed by atoms with Crippen LogP contribution >= 0.6 is 0 Å². The van der Waals surface area contributed by atoms with Crippen molar-refractivity contribution in [2.45, 2.75) is 32.4 Å². The van der Waals surface area contributed by atoms with Gasteiger partial charge in [-0.1, -0.05) is 6.07 Å². The van der Waals surface area contributed by atoms with Gasteiger partial charge in [0.25, 0.3) is 5.56 Å². The van der Waals surface area contributed by atoms with Crippen LogP contribution < -0.4 is 11.3 Å². The SMILES string of the molecule is Cc1nn(C2CCCCO2)c(=O)c2cc(N)ccc12. The van der Waals surface area contributed by atoms with E-state index in [-0.39, 0.29) is 11.8 Å². The Morgan fingerprint density at radius 1 is 1.37 bits per heavy atom. The summed E-state index contributed by atoms with van der Waals surface area (Å²) in [5, 5.41) is 5.86. The first kappa shape index (κ1) is 12.2. The Balaban J connectivity index is 2.20. The van der Waals surface area contributed by atoms with Gasteiger partial charge in [-0.3, -0.25) is 4.79 Å². The Kier molecular flexibility index (Phi) is 2.98. The first-order valence-electron chi connectivity index (χ1n) is 6.57. The fourth-order valence-electron chi connectivity index (χ4n) is 2.55. The van der Waals surface area contributed by atoms with E-state index in [0.717, 1.165) is 30.3 Å². The molecule has 2 N–H and O–H groups in total. The van der Waals surface area contributed by atoms with E-state index in [1.807, 2.05) is 13.0 Å². The molecular weight excluding hydrogens is 242 g/mol. The van der Waals surface area contributed by atoms with Gasteiger partial charge in [-0.15, -0.1) is 0 Å². The van der Waals surface area contributed by atoms with Crippen molar-refractivity contribution in [2.75, 3.05) is 12.3 Å². The van der Waals surface area contributed by atoms with E-state index >= 15 is 0 Å². The number of ether oxygens (including phenoxy) is 1. The van der Waals surface area contributed by atoms with Crippen LogP contribution in [0.4, 0.5) is 5.69 Å². The summed E-state index contributed by atoms with van der Waals surface area (Å²) in [5.41, 5.74) is 7.06. The van der Waals surface area contributed by atoms with Crippen molar-refractivity contribution < 1.29 is 4.74 Å². The Hall–Kier alpha value is -1.88. The summed E-state index contributed by atoms with van der Waals surface area (Å²) in [7, 11) is 0. The molecule has 1 unspecified atom stereocenters. The van der Waals surface area contributed by atoms with Crippen LogP contribution in [0.15, 0.2) is 23.0 Å². The molecule has 3 rings (SSSR count). The third-order valence-corrected chi connectivity index (χ3v) is 3.56. The van der Waals surface area contributed by atoms with Gasteiger partial charge in [-0.05, 0) is 38.3 Å². The molecule has 0 amide bonds. The zero-order valence-electron chi connectivity index (χ0n) is 10.9. The maximum Gasteiger partial charge on any atom is 0.277 e. The number of aromatic nitrogens is 2. The van der Waals surface area contributed by atoms with Crippen molar-refractivity contribution in [3.8, 4) is 0 Å². The van der Waals surface area contributed by atoms with E-state index in [9.17, 15) is 4.79 Å². The average molecular weight is 259 g/mol. The standard InChI is InChI=1S/C14H17N3O2/c1-9-11-6-5-10(15)8-12(11)14(18)17(16-9)13-4-2-3-7-19-13/h5-6,8,13H,2-4,7,15H2,1H3. The van der Waals surface area contributed by atoms with Crippen molar-refractivity contribution in [2.24, 2.45) is 0 Å². The molecule has 0 bridgehead atoms. The maximum atomic E-state index is 12.5. The lowest BCUT2D eigenvalue weighted by molar-refractivity contribution is -0.0423. The second kappa shape index (κ2) is 4.66. The van der Waals surface area contributed by atoms with E-state index in [1.165, 1.54) is 4.68 Å². The lowest BCUT2D eigenvalue weighted by Crippen LogP contribution is -2.31. The average Bonchev–Trinajstić information content (AvgIpc) is 2.43. The monoisotopic (exact) mass is 259 g/mol. The predicted octanol–water partition coefficient (Wildman–Crippen LogP) is 1.99. The fourth-order valence-corrected chi connectivity index (χ4v) is 2.55. The molecule has 1 aromatic carbocycles. The zero-order valence-corrected chi connectivity index (χ0v) is 10.9. The van der Waals surface area contributed by atoms with Gasteiger partial charge in [-0.2, -0.15) is 5.10 Å². The van der Waals surface area contributed by atoms with Crippen LogP contribution in [0, 0.1) is 6.92 Å². The van der Waals surface area contributed by atoms with E-state index in [4.69, 9.17) is 10.5 Å². The van der Waals surface area contributed by atoms with Crippen molar-refractivity contribution in [3.05, 3.63) is 34.2 Å². The minimum Gasteiger partial charge on any atom is -0.399 e. The highest BCUT2D eigenvalue weighted by Crippen LogP contribution is 2.22. The number of nitrogen functional groups attached to an aromatic ring is 1. The van der Waals surface area contributed by atoms with Crippen LogP contribution in [0.3, 0.4) is 0 Å². The third-order valence-electron chi connectivity index (χ3n) is 3.56. The van der Waals surface area contributed by atoms with Crippen LogP contribution in [0.25, 0.3) is 10.8 Å². The molecule has 5 nitrogen and oxygen atoms in total. The quantitative estimate of drug-likeness (QED) is 0.795. The van der Waals surface area contributed by atoms with Gasteiger partial charge in [0.15, 0.2) is 6.23 Å². The normalized spacial score (nSPS) is 19.7. The minimum absolute atomic E-state index is 0.125. The van der Waals surface area contributed by atoms with Gasteiger partial charge in [-0.25, -0.2) is 4.68 Å². The molecule has 5 heteroatoms. The first-order valence-corrected chi connectivity index (χ1v) is 6.57. The van der Waals surface area contributed by atoms with Crippen LogP contribution in [0.5, 0.6) is 0 Å². The molecule has 2 aromatic rings. The Labute approximate surface area is 111 Å². The predicted molar refractivity (Wildman–Crippen MR) is 74.0 cm³/mol.